The summed E-state index contributed by atoms with van der Waals surface area (Å²) in [6.07, 6.45) is 13.9. The summed E-state index contributed by atoms with van der Waals surface area (Å²) in [6.45, 7) is 11.8. The molecular weight excluding hydrogens is 356 g/mol. The molecule has 0 aromatic rings. The third kappa shape index (κ3) is 3.56. The van der Waals surface area contributed by atoms with Gasteiger partial charge in [-0.15, -0.1) is 0 Å². The normalized spacial score (nSPS) is 44.0. The molecule has 0 bridgehead atoms. The van der Waals surface area contributed by atoms with Crippen LogP contribution in [0.3, 0.4) is 0 Å². The van der Waals surface area contributed by atoms with Gasteiger partial charge in [0.2, 0.25) is 0 Å². The van der Waals surface area contributed by atoms with Gasteiger partial charge in [0.15, 0.2) is 5.78 Å². The van der Waals surface area contributed by atoms with Crippen molar-refractivity contribution in [2.24, 2.45) is 46.3 Å². The lowest BCUT2D eigenvalue weighted by molar-refractivity contribution is -0.117. The maximum Gasteiger partial charge on any atom is 0.155 e. The predicted octanol–water partition coefficient (Wildman–Crippen LogP) is 6.57. The standard InChI is InChI=1S/C27H44O2/c1-17(2)25(29)11-6-18(3)22-9-10-23-21-8-7-19-16-20(28)12-14-26(19,4)24(21)13-15-27(22,23)5/h16-18,21-25,29H,6-15H2,1-5H3. The maximum atomic E-state index is 12.0. The molecule has 0 heterocycles. The molecule has 0 radical (unpaired) electrons. The monoisotopic (exact) mass is 400 g/mol. The maximum absolute atomic E-state index is 12.0. The highest BCUT2D eigenvalue weighted by atomic mass is 16.3. The van der Waals surface area contributed by atoms with Gasteiger partial charge in [0.25, 0.3) is 0 Å². The van der Waals surface area contributed by atoms with E-state index in [9.17, 15) is 9.90 Å². The number of ketones is 1. The average molecular weight is 401 g/mol. The molecule has 0 aromatic heterocycles. The molecule has 164 valence electrons. The summed E-state index contributed by atoms with van der Waals surface area (Å²) in [5.74, 6) is 4.82. The summed E-state index contributed by atoms with van der Waals surface area (Å²) in [5, 5.41) is 10.3. The summed E-state index contributed by atoms with van der Waals surface area (Å²) in [7, 11) is 0. The van der Waals surface area contributed by atoms with Gasteiger partial charge >= 0.3 is 0 Å². The Morgan fingerprint density at radius 3 is 2.48 bits per heavy atom. The molecule has 1 N–H and O–H groups in total. The van der Waals surface area contributed by atoms with Gasteiger partial charge in [-0.1, -0.05) is 40.2 Å². The fraction of sp³-hybridized carbons (Fsp3) is 0.889. The molecule has 29 heavy (non-hydrogen) atoms. The second-order valence-electron chi connectivity index (χ2n) is 12.1. The first-order valence-corrected chi connectivity index (χ1v) is 12.6. The Morgan fingerprint density at radius 2 is 1.76 bits per heavy atom. The van der Waals surface area contributed by atoms with Crippen LogP contribution in [0.15, 0.2) is 11.6 Å². The molecule has 4 aliphatic rings. The van der Waals surface area contributed by atoms with Crippen molar-refractivity contribution in [2.45, 2.75) is 105 Å². The predicted molar refractivity (Wildman–Crippen MR) is 119 cm³/mol. The molecule has 4 rings (SSSR count). The van der Waals surface area contributed by atoms with Crippen molar-refractivity contribution < 1.29 is 9.90 Å². The minimum Gasteiger partial charge on any atom is -0.393 e. The van der Waals surface area contributed by atoms with Crippen molar-refractivity contribution in [3.8, 4) is 0 Å². The SMILES string of the molecule is CC(C)C(O)CCC(C)C1CCC2C3CCC4=CC(=O)CCC4(C)C3CCC12C. The Balaban J connectivity index is 1.49. The van der Waals surface area contributed by atoms with Gasteiger partial charge in [-0.2, -0.15) is 0 Å². The Kier molecular flexibility index (Phi) is 5.82. The molecule has 0 aliphatic heterocycles. The lowest BCUT2D eigenvalue weighted by Crippen LogP contribution is -2.51. The molecular formula is C27H44O2. The van der Waals surface area contributed by atoms with Gasteiger partial charge in [-0.25, -0.2) is 0 Å². The molecule has 3 saturated carbocycles. The second kappa shape index (κ2) is 7.81. The van der Waals surface area contributed by atoms with Crippen LogP contribution in [0.25, 0.3) is 0 Å². The van der Waals surface area contributed by atoms with E-state index in [0.717, 1.165) is 55.3 Å². The van der Waals surface area contributed by atoms with E-state index >= 15 is 0 Å². The minimum absolute atomic E-state index is 0.143. The summed E-state index contributed by atoms with van der Waals surface area (Å²) in [6, 6.07) is 0. The first-order chi connectivity index (χ1) is 13.7. The number of carbonyl (C=O) groups excluding carboxylic acids is 1. The molecule has 0 amide bonds. The molecule has 0 spiro atoms. The van der Waals surface area contributed by atoms with Crippen molar-refractivity contribution in [3.63, 3.8) is 0 Å². The second-order valence-corrected chi connectivity index (χ2v) is 12.1. The fourth-order valence-electron chi connectivity index (χ4n) is 8.50. The van der Waals surface area contributed by atoms with Crippen LogP contribution in [-0.4, -0.2) is 17.0 Å². The Bertz CT molecular complexity index is 663. The van der Waals surface area contributed by atoms with Crippen molar-refractivity contribution in [1.29, 1.82) is 0 Å². The molecule has 4 aliphatic carbocycles. The number of aliphatic hydroxyl groups excluding tert-OH is 1. The van der Waals surface area contributed by atoms with E-state index in [0.29, 0.717) is 22.5 Å². The van der Waals surface area contributed by atoms with Crippen LogP contribution in [0.1, 0.15) is 98.8 Å². The van der Waals surface area contributed by atoms with Crippen LogP contribution in [0.4, 0.5) is 0 Å². The highest BCUT2D eigenvalue weighted by Gasteiger charge is 2.59. The number of rotatable bonds is 5. The van der Waals surface area contributed by atoms with Crippen LogP contribution < -0.4 is 0 Å². The van der Waals surface area contributed by atoms with Crippen LogP contribution in [0.5, 0.6) is 0 Å². The third-order valence-corrected chi connectivity index (χ3v) is 10.4. The summed E-state index contributed by atoms with van der Waals surface area (Å²) in [4.78, 5) is 12.0. The van der Waals surface area contributed by atoms with Crippen molar-refractivity contribution in [1.82, 2.24) is 0 Å². The zero-order chi connectivity index (χ0) is 21.0. The number of hydrogen-bond acceptors (Lipinski definition) is 2. The van der Waals surface area contributed by atoms with Crippen molar-refractivity contribution in [2.75, 3.05) is 0 Å². The largest absolute Gasteiger partial charge is 0.393 e. The lowest BCUT2D eigenvalue weighted by atomic mass is 9.46. The molecule has 8 unspecified atom stereocenters. The van der Waals surface area contributed by atoms with Crippen LogP contribution >= 0.6 is 0 Å². The van der Waals surface area contributed by atoms with E-state index < -0.39 is 0 Å². The number of carbonyl (C=O) groups is 1. The molecule has 8 atom stereocenters. The quantitative estimate of drug-likeness (QED) is 0.567. The van der Waals surface area contributed by atoms with E-state index in [1.54, 1.807) is 0 Å². The van der Waals surface area contributed by atoms with Gasteiger partial charge in [-0.3, -0.25) is 4.79 Å². The lowest BCUT2D eigenvalue weighted by Gasteiger charge is -2.58. The topological polar surface area (TPSA) is 37.3 Å². The molecule has 0 aromatic carbocycles. The van der Waals surface area contributed by atoms with Gasteiger partial charge in [0.05, 0.1) is 6.10 Å². The smallest absolute Gasteiger partial charge is 0.155 e. The minimum atomic E-state index is -0.143. The number of allylic oxidation sites excluding steroid dienone is 1. The fourth-order valence-corrected chi connectivity index (χ4v) is 8.50. The molecule has 2 heteroatoms. The van der Waals surface area contributed by atoms with E-state index in [1.807, 2.05) is 6.08 Å². The summed E-state index contributed by atoms with van der Waals surface area (Å²) < 4.78 is 0. The van der Waals surface area contributed by atoms with Crippen molar-refractivity contribution in [3.05, 3.63) is 11.6 Å². The third-order valence-electron chi connectivity index (χ3n) is 10.4. The number of hydrogen-bond donors (Lipinski definition) is 1. The first-order valence-electron chi connectivity index (χ1n) is 12.6. The van der Waals surface area contributed by atoms with Gasteiger partial charge in [0.1, 0.15) is 0 Å². The van der Waals surface area contributed by atoms with E-state index in [2.05, 4.69) is 34.6 Å². The van der Waals surface area contributed by atoms with E-state index in [-0.39, 0.29) is 6.10 Å². The molecule has 2 nitrogen and oxygen atoms in total. The Labute approximate surface area is 178 Å². The van der Waals surface area contributed by atoms with Gasteiger partial charge in [-0.05, 0) is 110 Å². The Hall–Kier alpha value is -0.630. The summed E-state index contributed by atoms with van der Waals surface area (Å²) in [5.41, 5.74) is 2.28. The molecule has 3 fully saturated rings. The van der Waals surface area contributed by atoms with Crippen molar-refractivity contribution >= 4 is 5.78 Å². The highest BCUT2D eigenvalue weighted by molar-refractivity contribution is 5.91. The average Bonchev–Trinajstić information content (AvgIpc) is 3.03. The van der Waals surface area contributed by atoms with Crippen LogP contribution in [0.2, 0.25) is 0 Å². The van der Waals surface area contributed by atoms with Gasteiger partial charge < -0.3 is 5.11 Å². The number of fused-ring (bicyclic) bond motifs is 5. The van der Waals surface area contributed by atoms with Crippen LogP contribution in [-0.2, 0) is 4.79 Å². The van der Waals surface area contributed by atoms with Gasteiger partial charge in [0, 0.05) is 6.42 Å². The zero-order valence-electron chi connectivity index (χ0n) is 19.5. The highest BCUT2D eigenvalue weighted by Crippen LogP contribution is 2.67. The van der Waals surface area contributed by atoms with Crippen LogP contribution in [0, 0.1) is 46.3 Å². The summed E-state index contributed by atoms with van der Waals surface area (Å²) >= 11 is 0. The zero-order valence-corrected chi connectivity index (χ0v) is 19.5. The van der Waals surface area contributed by atoms with E-state index in [1.165, 1.54) is 44.1 Å². The first kappa shape index (κ1) is 21.6. The van der Waals surface area contributed by atoms with E-state index in [4.69, 9.17) is 0 Å². The Morgan fingerprint density at radius 1 is 1.00 bits per heavy atom. The number of aliphatic hydroxyl groups is 1. The molecule has 0 saturated heterocycles.